The quantitative estimate of drug-likeness (QED) is 0.420. The third-order valence-corrected chi connectivity index (χ3v) is 4.98. The van der Waals surface area contributed by atoms with Gasteiger partial charge in [0.05, 0.1) is 37.5 Å². The molecule has 0 unspecified atom stereocenters. The number of aromatic amines is 1. The van der Waals surface area contributed by atoms with Gasteiger partial charge in [0.1, 0.15) is 5.69 Å². The van der Waals surface area contributed by atoms with Crippen LogP contribution in [0.4, 0.5) is 0 Å². The normalized spacial score (nSPS) is 10.9. The van der Waals surface area contributed by atoms with Crippen molar-refractivity contribution in [3.05, 3.63) is 106 Å². The maximum absolute atomic E-state index is 12.7. The molecule has 1 aromatic carbocycles. The zero-order valence-corrected chi connectivity index (χ0v) is 17.7. The van der Waals surface area contributed by atoms with Gasteiger partial charge in [-0.05, 0) is 23.3 Å². The van der Waals surface area contributed by atoms with E-state index in [4.69, 9.17) is 4.74 Å². The number of ether oxygens (including phenoxy) is 1. The third-order valence-electron chi connectivity index (χ3n) is 4.98. The van der Waals surface area contributed by atoms with Gasteiger partial charge in [0, 0.05) is 31.8 Å². The van der Waals surface area contributed by atoms with Crippen molar-refractivity contribution in [3.63, 3.8) is 0 Å². The van der Waals surface area contributed by atoms with Crippen LogP contribution < -0.4 is 10.9 Å². The Hall–Kier alpha value is -3.98. The van der Waals surface area contributed by atoms with E-state index in [0.717, 1.165) is 16.8 Å². The summed E-state index contributed by atoms with van der Waals surface area (Å²) in [5.41, 5.74) is 3.90. The van der Waals surface area contributed by atoms with E-state index in [1.807, 2.05) is 30.3 Å². The SMILES string of the molecule is COCc1nn(Cc2ccc(Cn3ccccc3=O)cc2)cc1C(=O)NCc1ccn[nH]1. The molecule has 2 N–H and O–H groups in total. The Labute approximate surface area is 184 Å². The van der Waals surface area contributed by atoms with E-state index < -0.39 is 0 Å². The maximum atomic E-state index is 12.7. The number of H-pyrrole nitrogens is 1. The zero-order chi connectivity index (χ0) is 22.3. The van der Waals surface area contributed by atoms with Crippen LogP contribution in [-0.2, 0) is 31.0 Å². The highest BCUT2D eigenvalue weighted by atomic mass is 16.5. The maximum Gasteiger partial charge on any atom is 0.255 e. The van der Waals surface area contributed by atoms with Crippen LogP contribution >= 0.6 is 0 Å². The fourth-order valence-electron chi connectivity index (χ4n) is 3.35. The fraction of sp³-hybridized carbons (Fsp3) is 0.217. The van der Waals surface area contributed by atoms with Gasteiger partial charge in [-0.3, -0.25) is 19.4 Å². The molecule has 4 aromatic rings. The predicted octanol–water partition coefficient (Wildman–Crippen LogP) is 1.94. The predicted molar refractivity (Wildman–Crippen MR) is 118 cm³/mol. The van der Waals surface area contributed by atoms with Crippen molar-refractivity contribution in [1.82, 2.24) is 29.9 Å². The fourth-order valence-corrected chi connectivity index (χ4v) is 3.35. The zero-order valence-electron chi connectivity index (χ0n) is 17.7. The molecule has 0 radical (unpaired) electrons. The highest BCUT2D eigenvalue weighted by Gasteiger charge is 2.16. The molecule has 0 atom stereocenters. The molecule has 9 heteroatoms. The van der Waals surface area contributed by atoms with E-state index in [1.54, 1.807) is 53.1 Å². The molecule has 0 saturated carbocycles. The Balaban J connectivity index is 1.44. The number of rotatable bonds is 9. The van der Waals surface area contributed by atoms with Gasteiger partial charge >= 0.3 is 0 Å². The molecule has 0 fully saturated rings. The molecule has 0 aliphatic heterocycles. The largest absolute Gasteiger partial charge is 0.378 e. The number of hydrogen-bond acceptors (Lipinski definition) is 5. The second kappa shape index (κ2) is 9.88. The smallest absolute Gasteiger partial charge is 0.255 e. The van der Waals surface area contributed by atoms with Crippen LogP contribution in [0.1, 0.15) is 32.9 Å². The molecule has 0 saturated heterocycles. The van der Waals surface area contributed by atoms with Gasteiger partial charge in [0.15, 0.2) is 0 Å². The number of carbonyl (C=O) groups is 1. The van der Waals surface area contributed by atoms with Gasteiger partial charge in [-0.2, -0.15) is 10.2 Å². The highest BCUT2D eigenvalue weighted by molar-refractivity contribution is 5.95. The van der Waals surface area contributed by atoms with Gasteiger partial charge in [-0.25, -0.2) is 0 Å². The minimum atomic E-state index is -0.221. The lowest BCUT2D eigenvalue weighted by molar-refractivity contribution is 0.0945. The van der Waals surface area contributed by atoms with Crippen molar-refractivity contribution >= 4 is 5.91 Å². The summed E-state index contributed by atoms with van der Waals surface area (Å²) in [6.45, 7) is 1.61. The standard InChI is InChI=1S/C23H24N6O3/c1-32-16-21-20(23(31)24-12-19-9-10-25-26-19)15-29(27-21)14-18-7-5-17(6-8-18)13-28-11-3-2-4-22(28)30/h2-11,15H,12-14,16H2,1H3,(H,24,31)(H,25,26). The number of hydrogen-bond donors (Lipinski definition) is 2. The van der Waals surface area contributed by atoms with Gasteiger partial charge in [-0.15, -0.1) is 0 Å². The summed E-state index contributed by atoms with van der Waals surface area (Å²) in [7, 11) is 1.57. The minimum absolute atomic E-state index is 0.0304. The van der Waals surface area contributed by atoms with E-state index in [9.17, 15) is 9.59 Å². The summed E-state index contributed by atoms with van der Waals surface area (Å²) in [6, 6.07) is 14.9. The molecule has 0 aliphatic carbocycles. The Kier molecular flexibility index (Phi) is 6.57. The molecule has 164 valence electrons. The average Bonchev–Trinajstić information content (AvgIpc) is 3.45. The number of nitrogens with zero attached hydrogens (tertiary/aromatic N) is 4. The number of carbonyl (C=O) groups excluding carboxylic acids is 1. The molecule has 0 spiro atoms. The van der Waals surface area contributed by atoms with E-state index in [2.05, 4.69) is 20.6 Å². The molecule has 9 nitrogen and oxygen atoms in total. The molecule has 4 rings (SSSR count). The van der Waals surface area contributed by atoms with Gasteiger partial charge in [-0.1, -0.05) is 30.3 Å². The Morgan fingerprint density at radius 1 is 1.09 bits per heavy atom. The number of nitrogens with one attached hydrogen (secondary N) is 2. The van der Waals surface area contributed by atoms with Crippen molar-refractivity contribution in [2.45, 2.75) is 26.2 Å². The minimum Gasteiger partial charge on any atom is -0.378 e. The van der Waals surface area contributed by atoms with E-state index >= 15 is 0 Å². The van der Waals surface area contributed by atoms with Crippen LogP contribution in [0.3, 0.4) is 0 Å². The van der Waals surface area contributed by atoms with Crippen LogP contribution in [0.15, 0.2) is 71.9 Å². The summed E-state index contributed by atoms with van der Waals surface area (Å²) >= 11 is 0. The summed E-state index contributed by atoms with van der Waals surface area (Å²) < 4.78 is 8.61. The summed E-state index contributed by atoms with van der Waals surface area (Å²) in [6.07, 6.45) is 5.14. The van der Waals surface area contributed by atoms with Gasteiger partial charge in [0.2, 0.25) is 0 Å². The van der Waals surface area contributed by atoms with E-state index in [1.165, 1.54) is 0 Å². The molecule has 1 amide bonds. The van der Waals surface area contributed by atoms with E-state index in [0.29, 0.717) is 30.9 Å². The highest BCUT2D eigenvalue weighted by Crippen LogP contribution is 2.12. The topological polar surface area (TPSA) is 107 Å². The van der Waals surface area contributed by atoms with Crippen molar-refractivity contribution < 1.29 is 9.53 Å². The molecule has 0 bridgehead atoms. The first-order valence-corrected chi connectivity index (χ1v) is 10.2. The lowest BCUT2D eigenvalue weighted by Gasteiger charge is -2.07. The van der Waals surface area contributed by atoms with Crippen molar-refractivity contribution in [3.8, 4) is 0 Å². The van der Waals surface area contributed by atoms with Crippen LogP contribution in [0.25, 0.3) is 0 Å². The van der Waals surface area contributed by atoms with Crippen LogP contribution in [-0.4, -0.2) is 37.6 Å². The molecular formula is C23H24N6O3. The molecule has 3 aromatic heterocycles. The number of methoxy groups -OCH3 is 1. The van der Waals surface area contributed by atoms with Gasteiger partial charge in [0.25, 0.3) is 11.5 Å². The lowest BCUT2D eigenvalue weighted by Crippen LogP contribution is -2.23. The van der Waals surface area contributed by atoms with Crippen molar-refractivity contribution in [2.75, 3.05) is 7.11 Å². The number of aromatic nitrogens is 5. The lowest BCUT2D eigenvalue weighted by atomic mass is 10.1. The Bertz CT molecular complexity index is 1230. The second-order valence-corrected chi connectivity index (χ2v) is 7.37. The molecule has 3 heterocycles. The van der Waals surface area contributed by atoms with E-state index in [-0.39, 0.29) is 18.1 Å². The first-order chi connectivity index (χ1) is 15.6. The second-order valence-electron chi connectivity index (χ2n) is 7.37. The van der Waals surface area contributed by atoms with Crippen LogP contribution in [0.5, 0.6) is 0 Å². The summed E-state index contributed by atoms with van der Waals surface area (Å²) in [5, 5.41) is 14.1. The van der Waals surface area contributed by atoms with Crippen molar-refractivity contribution in [2.24, 2.45) is 0 Å². The Morgan fingerprint density at radius 3 is 2.56 bits per heavy atom. The van der Waals surface area contributed by atoms with Crippen LogP contribution in [0.2, 0.25) is 0 Å². The third kappa shape index (κ3) is 5.19. The van der Waals surface area contributed by atoms with Gasteiger partial charge < -0.3 is 14.6 Å². The summed E-state index contributed by atoms with van der Waals surface area (Å²) in [4.78, 5) is 24.6. The molecule has 0 aliphatic rings. The monoisotopic (exact) mass is 432 g/mol. The first-order valence-electron chi connectivity index (χ1n) is 10.2. The Morgan fingerprint density at radius 2 is 1.88 bits per heavy atom. The number of amides is 1. The van der Waals surface area contributed by atoms with Crippen LogP contribution in [0, 0.1) is 0 Å². The molecular weight excluding hydrogens is 408 g/mol. The summed E-state index contributed by atoms with van der Waals surface area (Å²) in [5.74, 6) is -0.221. The first kappa shape index (κ1) is 21.3. The molecule has 32 heavy (non-hydrogen) atoms. The number of pyridine rings is 1. The number of benzene rings is 1. The van der Waals surface area contributed by atoms with Crippen molar-refractivity contribution in [1.29, 1.82) is 0 Å². The average molecular weight is 432 g/mol.